The van der Waals surface area contributed by atoms with E-state index in [4.69, 9.17) is 18.9 Å². The quantitative estimate of drug-likeness (QED) is 0.304. The van der Waals surface area contributed by atoms with Gasteiger partial charge in [0, 0.05) is 17.1 Å². The SMILES string of the molecule is COc1ccc(-c2cc(-c3ccccc3)n3ccc4cc(OC)c(OC)cc4c23)cc1OC. The van der Waals surface area contributed by atoms with Crippen LogP contribution in [-0.2, 0) is 0 Å². The third kappa shape index (κ3) is 3.42. The lowest BCUT2D eigenvalue weighted by Gasteiger charge is -2.13. The molecule has 5 heteroatoms. The van der Waals surface area contributed by atoms with Crippen LogP contribution in [0.1, 0.15) is 0 Å². The number of nitrogens with zero attached hydrogens (tertiary/aromatic N) is 1. The monoisotopic (exact) mass is 439 g/mol. The molecule has 0 bridgehead atoms. The molecular weight excluding hydrogens is 414 g/mol. The Morgan fingerprint density at radius 3 is 1.94 bits per heavy atom. The Morgan fingerprint density at radius 1 is 0.576 bits per heavy atom. The van der Waals surface area contributed by atoms with Gasteiger partial charge in [0.25, 0.3) is 0 Å². The maximum atomic E-state index is 5.63. The Bertz CT molecular complexity index is 1450. The Kier molecular flexibility index (Phi) is 5.31. The van der Waals surface area contributed by atoms with Crippen molar-refractivity contribution in [3.05, 3.63) is 79.0 Å². The van der Waals surface area contributed by atoms with Gasteiger partial charge in [0.2, 0.25) is 0 Å². The summed E-state index contributed by atoms with van der Waals surface area (Å²) < 4.78 is 24.4. The maximum absolute atomic E-state index is 5.63. The fourth-order valence-corrected chi connectivity index (χ4v) is 4.40. The summed E-state index contributed by atoms with van der Waals surface area (Å²) in [4.78, 5) is 0. The molecule has 0 aliphatic heterocycles. The molecule has 0 spiro atoms. The van der Waals surface area contributed by atoms with E-state index >= 15 is 0 Å². The fraction of sp³-hybridized carbons (Fsp3) is 0.143. The molecule has 0 saturated carbocycles. The number of fused-ring (bicyclic) bond motifs is 3. The number of hydrogen-bond donors (Lipinski definition) is 0. The molecule has 0 N–H and O–H groups in total. The summed E-state index contributed by atoms with van der Waals surface area (Å²) in [5.41, 5.74) is 5.45. The lowest BCUT2D eigenvalue weighted by molar-refractivity contribution is 0.355. The third-order valence-electron chi connectivity index (χ3n) is 6.01. The highest BCUT2D eigenvalue weighted by atomic mass is 16.5. The van der Waals surface area contributed by atoms with E-state index in [0.29, 0.717) is 23.0 Å². The molecule has 2 heterocycles. The molecule has 0 aliphatic carbocycles. The number of pyridine rings is 1. The van der Waals surface area contributed by atoms with Gasteiger partial charge in [0.05, 0.1) is 39.6 Å². The highest BCUT2D eigenvalue weighted by Gasteiger charge is 2.18. The molecule has 0 saturated heterocycles. The van der Waals surface area contributed by atoms with Crippen molar-refractivity contribution >= 4 is 16.3 Å². The molecule has 3 aromatic carbocycles. The highest BCUT2D eigenvalue weighted by molar-refractivity contribution is 6.06. The first-order valence-corrected chi connectivity index (χ1v) is 10.7. The fourth-order valence-electron chi connectivity index (χ4n) is 4.40. The highest BCUT2D eigenvalue weighted by Crippen LogP contribution is 2.42. The van der Waals surface area contributed by atoms with Crippen molar-refractivity contribution in [2.45, 2.75) is 0 Å². The number of benzene rings is 3. The van der Waals surface area contributed by atoms with E-state index in [1.165, 1.54) is 0 Å². The molecule has 0 aliphatic rings. The van der Waals surface area contributed by atoms with Crippen molar-refractivity contribution in [3.8, 4) is 45.4 Å². The molecular formula is C28H25NO4. The van der Waals surface area contributed by atoms with Crippen LogP contribution in [0.4, 0.5) is 0 Å². The predicted octanol–water partition coefficient (Wildman–Crippen LogP) is 6.46. The van der Waals surface area contributed by atoms with Gasteiger partial charge in [0.15, 0.2) is 23.0 Å². The van der Waals surface area contributed by atoms with Gasteiger partial charge in [-0.15, -0.1) is 0 Å². The van der Waals surface area contributed by atoms with E-state index < -0.39 is 0 Å². The van der Waals surface area contributed by atoms with Gasteiger partial charge in [-0.3, -0.25) is 0 Å². The first-order chi connectivity index (χ1) is 16.2. The van der Waals surface area contributed by atoms with Gasteiger partial charge >= 0.3 is 0 Å². The lowest BCUT2D eigenvalue weighted by atomic mass is 10.0. The number of ether oxygens (including phenoxy) is 4. The molecule has 0 amide bonds. The minimum Gasteiger partial charge on any atom is -0.493 e. The van der Waals surface area contributed by atoms with Crippen molar-refractivity contribution in [2.75, 3.05) is 28.4 Å². The van der Waals surface area contributed by atoms with Gasteiger partial charge in [-0.25, -0.2) is 0 Å². The zero-order valence-corrected chi connectivity index (χ0v) is 19.1. The van der Waals surface area contributed by atoms with Crippen LogP contribution in [-0.4, -0.2) is 32.8 Å². The van der Waals surface area contributed by atoms with E-state index in [-0.39, 0.29) is 0 Å². The molecule has 0 unspecified atom stereocenters. The molecule has 5 aromatic rings. The van der Waals surface area contributed by atoms with Gasteiger partial charge < -0.3 is 23.3 Å². The first-order valence-electron chi connectivity index (χ1n) is 10.7. The summed E-state index contributed by atoms with van der Waals surface area (Å²) in [6.07, 6.45) is 2.11. The van der Waals surface area contributed by atoms with Crippen LogP contribution in [0.5, 0.6) is 23.0 Å². The Morgan fingerprint density at radius 2 is 1.24 bits per heavy atom. The van der Waals surface area contributed by atoms with Crippen LogP contribution in [0.25, 0.3) is 38.7 Å². The zero-order chi connectivity index (χ0) is 22.9. The van der Waals surface area contributed by atoms with Gasteiger partial charge in [0.1, 0.15) is 0 Å². The largest absolute Gasteiger partial charge is 0.493 e. The van der Waals surface area contributed by atoms with Crippen molar-refractivity contribution < 1.29 is 18.9 Å². The minimum atomic E-state index is 0.690. The van der Waals surface area contributed by atoms with Crippen LogP contribution in [0.3, 0.4) is 0 Å². The summed E-state index contributed by atoms with van der Waals surface area (Å²) in [7, 11) is 6.61. The smallest absolute Gasteiger partial charge is 0.161 e. The number of aromatic nitrogens is 1. The maximum Gasteiger partial charge on any atom is 0.161 e. The summed E-state index contributed by atoms with van der Waals surface area (Å²) in [5, 5.41) is 2.14. The number of methoxy groups -OCH3 is 4. The second kappa shape index (κ2) is 8.43. The molecule has 0 radical (unpaired) electrons. The van der Waals surface area contributed by atoms with E-state index in [1.54, 1.807) is 28.4 Å². The van der Waals surface area contributed by atoms with Crippen LogP contribution in [0, 0.1) is 0 Å². The van der Waals surface area contributed by atoms with Crippen molar-refractivity contribution in [2.24, 2.45) is 0 Å². The van der Waals surface area contributed by atoms with E-state index in [9.17, 15) is 0 Å². The number of hydrogen-bond acceptors (Lipinski definition) is 4. The molecule has 2 aromatic heterocycles. The van der Waals surface area contributed by atoms with Gasteiger partial charge in [-0.05, 0) is 52.9 Å². The van der Waals surface area contributed by atoms with E-state index in [2.05, 4.69) is 53.1 Å². The van der Waals surface area contributed by atoms with Crippen molar-refractivity contribution in [1.29, 1.82) is 0 Å². The van der Waals surface area contributed by atoms with Crippen LogP contribution < -0.4 is 18.9 Å². The first kappa shape index (κ1) is 20.8. The molecule has 5 nitrogen and oxygen atoms in total. The Labute approximate surface area is 192 Å². The Hall–Kier alpha value is -4.12. The van der Waals surface area contributed by atoms with Gasteiger partial charge in [-0.1, -0.05) is 36.4 Å². The minimum absolute atomic E-state index is 0.690. The number of rotatable bonds is 6. The second-order valence-corrected chi connectivity index (χ2v) is 7.71. The second-order valence-electron chi connectivity index (χ2n) is 7.71. The average Bonchev–Trinajstić information content (AvgIpc) is 3.28. The predicted molar refractivity (Wildman–Crippen MR) is 132 cm³/mol. The topological polar surface area (TPSA) is 41.3 Å². The average molecular weight is 440 g/mol. The zero-order valence-electron chi connectivity index (χ0n) is 19.1. The molecule has 0 fully saturated rings. The van der Waals surface area contributed by atoms with Crippen molar-refractivity contribution in [3.63, 3.8) is 0 Å². The Balaban J connectivity index is 1.88. The molecule has 0 atom stereocenters. The summed E-state index contributed by atoms with van der Waals surface area (Å²) in [5.74, 6) is 2.79. The van der Waals surface area contributed by atoms with E-state index in [1.807, 2.05) is 30.3 Å². The lowest BCUT2D eigenvalue weighted by Crippen LogP contribution is -1.94. The standard InChI is InChI=1S/C28H25NO4/c1-30-24-11-10-19(14-25(24)31-2)21-16-23(18-8-6-5-7-9-18)29-13-12-20-15-26(32-3)27(33-4)17-22(20)28(21)29/h5-17H,1-4H3. The summed E-state index contributed by atoms with van der Waals surface area (Å²) in [6, 6.07) is 24.8. The normalized spacial score (nSPS) is 11.0. The summed E-state index contributed by atoms with van der Waals surface area (Å²) >= 11 is 0. The van der Waals surface area contributed by atoms with Gasteiger partial charge in [-0.2, -0.15) is 0 Å². The van der Waals surface area contributed by atoms with Crippen LogP contribution in [0.2, 0.25) is 0 Å². The molecule has 166 valence electrons. The summed E-state index contributed by atoms with van der Waals surface area (Å²) in [6.45, 7) is 0. The van der Waals surface area contributed by atoms with E-state index in [0.717, 1.165) is 38.7 Å². The van der Waals surface area contributed by atoms with Crippen molar-refractivity contribution in [1.82, 2.24) is 4.40 Å². The van der Waals surface area contributed by atoms with Crippen LogP contribution in [0.15, 0.2) is 79.0 Å². The third-order valence-corrected chi connectivity index (χ3v) is 6.01. The molecule has 33 heavy (non-hydrogen) atoms. The van der Waals surface area contributed by atoms with Crippen LogP contribution >= 0.6 is 0 Å². The molecule has 5 rings (SSSR count).